The Bertz CT molecular complexity index is 249. The summed E-state index contributed by atoms with van der Waals surface area (Å²) in [6.45, 7) is 1.77. The zero-order chi connectivity index (χ0) is 10.2. The summed E-state index contributed by atoms with van der Waals surface area (Å²) >= 11 is 0. The third-order valence-corrected chi connectivity index (χ3v) is 2.11. The van der Waals surface area contributed by atoms with Crippen molar-refractivity contribution in [2.45, 2.75) is 19.3 Å². The van der Waals surface area contributed by atoms with E-state index in [1.807, 2.05) is 6.07 Å². The summed E-state index contributed by atoms with van der Waals surface area (Å²) in [6.07, 6.45) is 5.88. The molecule has 0 spiro atoms. The van der Waals surface area contributed by atoms with Crippen molar-refractivity contribution in [3.63, 3.8) is 0 Å². The second-order valence-electron chi connectivity index (χ2n) is 3.16. The van der Waals surface area contributed by atoms with Gasteiger partial charge < -0.3 is 9.64 Å². The molecular formula is C10H14N2O2. The molecule has 0 saturated carbocycles. The molecule has 1 amide bonds. The highest BCUT2D eigenvalue weighted by Crippen LogP contribution is 2.09. The fourth-order valence-electron chi connectivity index (χ4n) is 1.39. The van der Waals surface area contributed by atoms with Gasteiger partial charge in [-0.25, -0.2) is 4.79 Å². The second-order valence-corrected chi connectivity index (χ2v) is 3.16. The molecule has 0 unspecified atom stereocenters. The summed E-state index contributed by atoms with van der Waals surface area (Å²) in [4.78, 5) is 13.1. The molecule has 1 fully saturated rings. The first kappa shape index (κ1) is 10.6. The molecule has 0 aliphatic carbocycles. The molecule has 0 N–H and O–H groups in total. The van der Waals surface area contributed by atoms with E-state index in [9.17, 15) is 4.79 Å². The van der Waals surface area contributed by atoms with Gasteiger partial charge in [0, 0.05) is 19.2 Å². The Kier molecular flexibility index (Phi) is 4.56. The Labute approximate surface area is 83.8 Å². The molecule has 76 valence electrons. The quantitative estimate of drug-likeness (QED) is 0.628. The number of nitriles is 1. The van der Waals surface area contributed by atoms with Gasteiger partial charge in [0.15, 0.2) is 0 Å². The summed E-state index contributed by atoms with van der Waals surface area (Å²) in [7, 11) is 0. The number of hydrogen-bond acceptors (Lipinski definition) is 3. The van der Waals surface area contributed by atoms with Crippen LogP contribution in [0.4, 0.5) is 4.79 Å². The largest absolute Gasteiger partial charge is 0.445 e. The molecule has 1 heterocycles. The normalized spacial score (nSPS) is 16.6. The van der Waals surface area contributed by atoms with E-state index in [1.54, 1.807) is 4.90 Å². The maximum Gasteiger partial charge on any atom is 0.410 e. The third kappa shape index (κ3) is 3.48. The number of nitrogens with zero attached hydrogens (tertiary/aromatic N) is 2. The van der Waals surface area contributed by atoms with Crippen LogP contribution in [0.5, 0.6) is 0 Å². The first-order valence-electron chi connectivity index (χ1n) is 4.81. The number of piperidine rings is 1. The van der Waals surface area contributed by atoms with Crippen LogP contribution in [-0.4, -0.2) is 30.7 Å². The van der Waals surface area contributed by atoms with Crippen molar-refractivity contribution >= 4 is 6.09 Å². The highest BCUT2D eigenvalue weighted by atomic mass is 16.6. The van der Waals surface area contributed by atoms with Crippen LogP contribution in [0.1, 0.15) is 19.3 Å². The van der Waals surface area contributed by atoms with Crippen LogP contribution >= 0.6 is 0 Å². The van der Waals surface area contributed by atoms with Crippen LogP contribution in [-0.2, 0) is 4.74 Å². The lowest BCUT2D eigenvalue weighted by Crippen LogP contribution is -2.36. The van der Waals surface area contributed by atoms with Crippen molar-refractivity contribution in [3.8, 4) is 6.07 Å². The Morgan fingerprint density at radius 3 is 2.79 bits per heavy atom. The smallest absolute Gasteiger partial charge is 0.410 e. The van der Waals surface area contributed by atoms with E-state index in [-0.39, 0.29) is 12.7 Å². The molecule has 0 bridgehead atoms. The number of ether oxygens (including phenoxy) is 1. The summed E-state index contributed by atoms with van der Waals surface area (Å²) in [5.74, 6) is 0. The van der Waals surface area contributed by atoms with Crippen molar-refractivity contribution in [1.82, 2.24) is 4.90 Å². The highest BCUT2D eigenvalue weighted by molar-refractivity contribution is 5.67. The Balaban J connectivity index is 2.20. The Hall–Kier alpha value is -1.50. The van der Waals surface area contributed by atoms with Gasteiger partial charge in [-0.05, 0) is 25.3 Å². The minimum atomic E-state index is -0.271. The van der Waals surface area contributed by atoms with Crippen LogP contribution in [0.3, 0.4) is 0 Å². The zero-order valence-corrected chi connectivity index (χ0v) is 8.11. The van der Waals surface area contributed by atoms with Crippen molar-refractivity contribution in [2.24, 2.45) is 0 Å². The maximum atomic E-state index is 11.3. The number of hydrogen-bond donors (Lipinski definition) is 0. The SMILES string of the molecule is N#C/C=C\COC(=O)N1CCCCC1. The van der Waals surface area contributed by atoms with Crippen LogP contribution in [0.15, 0.2) is 12.2 Å². The van der Waals surface area contributed by atoms with Crippen LogP contribution in [0.2, 0.25) is 0 Å². The number of allylic oxidation sites excluding steroid dienone is 1. The Morgan fingerprint density at radius 2 is 2.14 bits per heavy atom. The van der Waals surface area contributed by atoms with E-state index in [0.717, 1.165) is 25.9 Å². The highest BCUT2D eigenvalue weighted by Gasteiger charge is 2.16. The summed E-state index contributed by atoms with van der Waals surface area (Å²) < 4.78 is 4.93. The molecule has 0 radical (unpaired) electrons. The number of carbonyl (C=O) groups excluding carboxylic acids is 1. The minimum Gasteiger partial charge on any atom is -0.445 e. The number of amides is 1. The molecule has 1 rings (SSSR count). The summed E-state index contributed by atoms with van der Waals surface area (Å²) in [6, 6.07) is 1.84. The molecule has 1 aliphatic rings. The molecule has 0 aromatic carbocycles. The van der Waals surface area contributed by atoms with Crippen molar-refractivity contribution in [1.29, 1.82) is 5.26 Å². The van der Waals surface area contributed by atoms with Gasteiger partial charge in [0.05, 0.1) is 6.07 Å². The number of likely N-dealkylation sites (tertiary alicyclic amines) is 1. The van der Waals surface area contributed by atoms with E-state index >= 15 is 0 Å². The van der Waals surface area contributed by atoms with Gasteiger partial charge in [0.2, 0.25) is 0 Å². The lowest BCUT2D eigenvalue weighted by atomic mass is 10.1. The van der Waals surface area contributed by atoms with Gasteiger partial charge >= 0.3 is 6.09 Å². The molecule has 1 saturated heterocycles. The lowest BCUT2D eigenvalue weighted by molar-refractivity contribution is 0.105. The summed E-state index contributed by atoms with van der Waals surface area (Å²) in [5, 5.41) is 8.19. The van der Waals surface area contributed by atoms with Crippen molar-refractivity contribution in [2.75, 3.05) is 19.7 Å². The monoisotopic (exact) mass is 194 g/mol. The number of carbonyl (C=O) groups is 1. The third-order valence-electron chi connectivity index (χ3n) is 2.11. The first-order chi connectivity index (χ1) is 6.84. The van der Waals surface area contributed by atoms with Crippen LogP contribution in [0.25, 0.3) is 0 Å². The van der Waals surface area contributed by atoms with Gasteiger partial charge in [0.1, 0.15) is 6.61 Å². The van der Waals surface area contributed by atoms with Gasteiger partial charge in [-0.15, -0.1) is 0 Å². The number of rotatable bonds is 2. The van der Waals surface area contributed by atoms with E-state index in [4.69, 9.17) is 10.00 Å². The molecule has 0 atom stereocenters. The molecule has 4 nitrogen and oxygen atoms in total. The molecule has 4 heteroatoms. The minimum absolute atomic E-state index is 0.183. The second kappa shape index (κ2) is 6.03. The average molecular weight is 194 g/mol. The van der Waals surface area contributed by atoms with Crippen molar-refractivity contribution in [3.05, 3.63) is 12.2 Å². The molecule has 0 aromatic heterocycles. The predicted octanol–water partition coefficient (Wildman–Crippen LogP) is 1.69. The first-order valence-corrected chi connectivity index (χ1v) is 4.81. The fraction of sp³-hybridized carbons (Fsp3) is 0.600. The topological polar surface area (TPSA) is 53.3 Å². The molecule has 14 heavy (non-hydrogen) atoms. The van der Waals surface area contributed by atoms with Gasteiger partial charge in [-0.2, -0.15) is 5.26 Å². The fourth-order valence-corrected chi connectivity index (χ4v) is 1.39. The van der Waals surface area contributed by atoms with Crippen molar-refractivity contribution < 1.29 is 9.53 Å². The average Bonchev–Trinajstić information content (AvgIpc) is 2.25. The Morgan fingerprint density at radius 1 is 1.43 bits per heavy atom. The molecular weight excluding hydrogens is 180 g/mol. The zero-order valence-electron chi connectivity index (χ0n) is 8.11. The van der Waals surface area contributed by atoms with Gasteiger partial charge in [0.25, 0.3) is 0 Å². The summed E-state index contributed by atoms with van der Waals surface area (Å²) in [5.41, 5.74) is 0. The van der Waals surface area contributed by atoms with Crippen LogP contribution < -0.4 is 0 Å². The van der Waals surface area contributed by atoms with Gasteiger partial charge in [-0.1, -0.05) is 0 Å². The van der Waals surface area contributed by atoms with E-state index in [0.29, 0.717) is 0 Å². The van der Waals surface area contributed by atoms with E-state index < -0.39 is 0 Å². The molecule has 1 aliphatic heterocycles. The van der Waals surface area contributed by atoms with Gasteiger partial charge in [-0.3, -0.25) is 0 Å². The lowest BCUT2D eigenvalue weighted by Gasteiger charge is -2.25. The standard InChI is InChI=1S/C10H14N2O2/c11-6-2-5-9-14-10(13)12-7-3-1-4-8-12/h2,5H,1,3-4,7-9H2/b5-2-. The van der Waals surface area contributed by atoms with Crippen LogP contribution in [0, 0.1) is 11.3 Å². The molecule has 0 aromatic rings. The van der Waals surface area contributed by atoms with E-state index in [1.165, 1.54) is 18.6 Å². The van der Waals surface area contributed by atoms with E-state index in [2.05, 4.69) is 0 Å². The predicted molar refractivity (Wildman–Crippen MR) is 51.5 cm³/mol. The maximum absolute atomic E-state index is 11.3.